The number of nitrogens with one attached hydrogen (secondary N) is 1. The normalized spacial score (nSPS) is 20.0. The number of piperidine rings is 1. The summed E-state index contributed by atoms with van der Waals surface area (Å²) in [6, 6.07) is 4.91. The molecule has 0 bridgehead atoms. The van der Waals surface area contributed by atoms with Crippen LogP contribution in [0.25, 0.3) is 11.0 Å². The van der Waals surface area contributed by atoms with Gasteiger partial charge in [-0.15, -0.1) is 0 Å². The van der Waals surface area contributed by atoms with Crippen molar-refractivity contribution in [2.45, 2.75) is 19.0 Å². The first kappa shape index (κ1) is 13.9. The first-order valence-corrected chi connectivity index (χ1v) is 6.74. The Morgan fingerprint density at radius 2 is 2.19 bits per heavy atom. The summed E-state index contributed by atoms with van der Waals surface area (Å²) in [5.41, 5.74) is 1.80. The predicted octanol–water partition coefficient (Wildman–Crippen LogP) is 2.98. The molecular weight excluding hydrogens is 283 g/mol. The molecule has 0 unspecified atom stereocenters. The van der Waals surface area contributed by atoms with Gasteiger partial charge in [-0.25, -0.2) is 4.98 Å². The van der Waals surface area contributed by atoms with Crippen LogP contribution in [0.15, 0.2) is 24.5 Å². The molecule has 7 heteroatoms. The van der Waals surface area contributed by atoms with Gasteiger partial charge < -0.3 is 9.88 Å². The number of likely N-dealkylation sites (tertiary alicyclic amines) is 1. The summed E-state index contributed by atoms with van der Waals surface area (Å²) in [4.78, 5) is 20.6. The Kier molecular flexibility index (Phi) is 3.35. The number of hydrogen-bond donors (Lipinski definition) is 1. The summed E-state index contributed by atoms with van der Waals surface area (Å²) >= 11 is 0. The van der Waals surface area contributed by atoms with Crippen molar-refractivity contribution in [1.82, 2.24) is 14.9 Å². The second-order valence-electron chi connectivity index (χ2n) is 5.27. The van der Waals surface area contributed by atoms with E-state index in [2.05, 4.69) is 9.97 Å². The van der Waals surface area contributed by atoms with Crippen molar-refractivity contribution in [2.24, 2.45) is 5.92 Å². The third-order valence-electron chi connectivity index (χ3n) is 3.84. The van der Waals surface area contributed by atoms with Crippen LogP contribution in [0.4, 0.5) is 13.2 Å². The number of carbonyl (C=O) groups is 1. The van der Waals surface area contributed by atoms with Crippen LogP contribution in [0.5, 0.6) is 0 Å². The molecule has 2 aromatic rings. The first-order chi connectivity index (χ1) is 9.95. The average molecular weight is 297 g/mol. The fourth-order valence-electron chi connectivity index (χ4n) is 2.68. The molecule has 0 saturated carbocycles. The van der Waals surface area contributed by atoms with E-state index in [4.69, 9.17) is 0 Å². The molecule has 21 heavy (non-hydrogen) atoms. The van der Waals surface area contributed by atoms with Gasteiger partial charge >= 0.3 is 6.18 Å². The maximum absolute atomic E-state index is 12.8. The van der Waals surface area contributed by atoms with Crippen molar-refractivity contribution in [1.29, 1.82) is 0 Å². The number of halogens is 3. The van der Waals surface area contributed by atoms with Gasteiger partial charge in [-0.1, -0.05) is 0 Å². The van der Waals surface area contributed by atoms with Gasteiger partial charge in [-0.05, 0) is 31.0 Å². The van der Waals surface area contributed by atoms with Crippen LogP contribution in [0.3, 0.4) is 0 Å². The van der Waals surface area contributed by atoms with E-state index >= 15 is 0 Å². The van der Waals surface area contributed by atoms with E-state index in [0.717, 1.165) is 5.52 Å². The van der Waals surface area contributed by atoms with Crippen LogP contribution in [-0.2, 0) is 0 Å². The Bertz CT molecular complexity index is 665. The molecule has 2 heterocycles. The number of nitrogens with zero attached hydrogens (tertiary/aromatic N) is 2. The van der Waals surface area contributed by atoms with Gasteiger partial charge in [0.2, 0.25) is 0 Å². The van der Waals surface area contributed by atoms with Crippen LogP contribution >= 0.6 is 0 Å². The predicted molar refractivity (Wildman–Crippen MR) is 70.8 cm³/mol. The molecule has 0 radical (unpaired) electrons. The van der Waals surface area contributed by atoms with E-state index in [0.29, 0.717) is 24.0 Å². The van der Waals surface area contributed by atoms with E-state index in [1.807, 2.05) is 0 Å². The zero-order valence-electron chi connectivity index (χ0n) is 11.2. The van der Waals surface area contributed by atoms with Crippen molar-refractivity contribution in [3.05, 3.63) is 30.1 Å². The van der Waals surface area contributed by atoms with Crippen LogP contribution in [-0.4, -0.2) is 40.0 Å². The second-order valence-corrected chi connectivity index (χ2v) is 5.27. The van der Waals surface area contributed by atoms with Crippen LogP contribution in [0, 0.1) is 5.92 Å². The number of aromatic nitrogens is 2. The standard InChI is InChI=1S/C14H14F3N3O/c15-14(16,17)10-2-1-5-20(7-10)13(21)9-3-4-11-12(6-9)19-8-18-11/h3-4,6,8,10H,1-2,5,7H2,(H,18,19)/t10-/m1/s1. The van der Waals surface area contributed by atoms with E-state index in [-0.39, 0.29) is 18.9 Å². The van der Waals surface area contributed by atoms with Crippen LogP contribution in [0.1, 0.15) is 23.2 Å². The SMILES string of the molecule is O=C(c1ccc2nc[nH]c2c1)N1CCC[C@@H](C(F)(F)F)C1. The lowest BCUT2D eigenvalue weighted by molar-refractivity contribution is -0.184. The quantitative estimate of drug-likeness (QED) is 0.879. The Labute approximate surface area is 119 Å². The molecular formula is C14H14F3N3O. The molecule has 1 aromatic carbocycles. The second kappa shape index (κ2) is 5.05. The number of rotatable bonds is 1. The maximum Gasteiger partial charge on any atom is 0.393 e. The lowest BCUT2D eigenvalue weighted by atomic mass is 9.97. The van der Waals surface area contributed by atoms with E-state index < -0.39 is 12.1 Å². The molecule has 1 atom stereocenters. The molecule has 3 rings (SSSR count). The molecule has 0 spiro atoms. The molecule has 1 aliphatic rings. The van der Waals surface area contributed by atoms with Gasteiger partial charge in [0.25, 0.3) is 5.91 Å². The van der Waals surface area contributed by atoms with Crippen molar-refractivity contribution in [3.63, 3.8) is 0 Å². The van der Waals surface area contributed by atoms with Gasteiger partial charge in [0.05, 0.1) is 23.3 Å². The summed E-state index contributed by atoms with van der Waals surface area (Å²) in [5, 5.41) is 0. The minimum Gasteiger partial charge on any atom is -0.345 e. The van der Waals surface area contributed by atoms with Crippen molar-refractivity contribution in [3.8, 4) is 0 Å². The number of benzene rings is 1. The average Bonchev–Trinajstić information content (AvgIpc) is 2.93. The molecule has 0 aliphatic carbocycles. The number of fused-ring (bicyclic) bond motifs is 1. The van der Waals surface area contributed by atoms with Gasteiger partial charge in [0, 0.05) is 18.7 Å². The maximum atomic E-state index is 12.8. The number of alkyl halides is 3. The summed E-state index contributed by atoms with van der Waals surface area (Å²) in [6.45, 7) is 0.107. The van der Waals surface area contributed by atoms with Gasteiger partial charge in [-0.3, -0.25) is 4.79 Å². The van der Waals surface area contributed by atoms with E-state index in [1.165, 1.54) is 11.2 Å². The Balaban J connectivity index is 1.80. The number of H-pyrrole nitrogens is 1. The highest BCUT2D eigenvalue weighted by molar-refractivity contribution is 5.97. The molecule has 1 amide bonds. The largest absolute Gasteiger partial charge is 0.393 e. The third kappa shape index (κ3) is 2.72. The highest BCUT2D eigenvalue weighted by Gasteiger charge is 2.42. The number of amides is 1. The first-order valence-electron chi connectivity index (χ1n) is 6.74. The molecule has 1 aliphatic heterocycles. The summed E-state index contributed by atoms with van der Waals surface area (Å²) in [5.74, 6) is -1.79. The van der Waals surface area contributed by atoms with Crippen molar-refractivity contribution >= 4 is 16.9 Å². The third-order valence-corrected chi connectivity index (χ3v) is 3.84. The topological polar surface area (TPSA) is 49.0 Å². The molecule has 1 fully saturated rings. The number of imidazole rings is 1. The Hall–Kier alpha value is -2.05. The Morgan fingerprint density at radius 3 is 2.95 bits per heavy atom. The molecule has 1 saturated heterocycles. The molecule has 112 valence electrons. The van der Waals surface area contributed by atoms with Gasteiger partial charge in [0.1, 0.15) is 0 Å². The lowest BCUT2D eigenvalue weighted by Gasteiger charge is -2.33. The molecule has 4 nitrogen and oxygen atoms in total. The summed E-state index contributed by atoms with van der Waals surface area (Å²) < 4.78 is 38.4. The van der Waals surface area contributed by atoms with Crippen LogP contribution < -0.4 is 0 Å². The minimum absolute atomic E-state index is 0.0901. The smallest absolute Gasteiger partial charge is 0.345 e. The fraction of sp³-hybridized carbons (Fsp3) is 0.429. The van der Waals surface area contributed by atoms with Gasteiger partial charge in [0.15, 0.2) is 0 Å². The summed E-state index contributed by atoms with van der Waals surface area (Å²) in [7, 11) is 0. The van der Waals surface area contributed by atoms with Crippen molar-refractivity contribution < 1.29 is 18.0 Å². The zero-order chi connectivity index (χ0) is 15.0. The monoisotopic (exact) mass is 297 g/mol. The lowest BCUT2D eigenvalue weighted by Crippen LogP contribution is -2.44. The number of aromatic amines is 1. The fourth-order valence-corrected chi connectivity index (χ4v) is 2.68. The zero-order valence-corrected chi connectivity index (χ0v) is 11.2. The molecule has 1 N–H and O–H groups in total. The van der Waals surface area contributed by atoms with E-state index in [9.17, 15) is 18.0 Å². The highest BCUT2D eigenvalue weighted by Crippen LogP contribution is 2.33. The van der Waals surface area contributed by atoms with Crippen molar-refractivity contribution in [2.75, 3.05) is 13.1 Å². The summed E-state index contributed by atoms with van der Waals surface area (Å²) in [6.07, 6.45) is -2.26. The molecule has 1 aromatic heterocycles. The van der Waals surface area contributed by atoms with Gasteiger partial charge in [-0.2, -0.15) is 13.2 Å². The van der Waals surface area contributed by atoms with Crippen LogP contribution in [0.2, 0.25) is 0 Å². The minimum atomic E-state index is -4.24. The van der Waals surface area contributed by atoms with E-state index in [1.54, 1.807) is 18.2 Å². The number of carbonyl (C=O) groups excluding carboxylic acids is 1. The number of hydrogen-bond acceptors (Lipinski definition) is 2. The highest BCUT2D eigenvalue weighted by atomic mass is 19.4. The Morgan fingerprint density at radius 1 is 1.38 bits per heavy atom.